The van der Waals surface area contributed by atoms with Crippen molar-refractivity contribution in [2.24, 2.45) is 5.84 Å². The summed E-state index contributed by atoms with van der Waals surface area (Å²) >= 11 is 7.09. The standard InChI is InChI=1S/C15H20Br2N2/c16-13-8-12(9-14(17)10-13)15(19-18)11-6-4-2-1-3-5-7-11/h6,8-10,15,19H,1-5,7,18H2/b11-6+. The summed E-state index contributed by atoms with van der Waals surface area (Å²) < 4.78 is 2.15. The highest BCUT2D eigenvalue weighted by atomic mass is 79.9. The smallest absolute Gasteiger partial charge is 0.0670 e. The molecule has 0 spiro atoms. The molecule has 0 aromatic heterocycles. The van der Waals surface area contributed by atoms with Gasteiger partial charge in [-0.05, 0) is 49.4 Å². The van der Waals surface area contributed by atoms with Gasteiger partial charge < -0.3 is 0 Å². The Kier molecular flexibility index (Phi) is 6.07. The summed E-state index contributed by atoms with van der Waals surface area (Å²) in [6.07, 6.45) is 9.92. The van der Waals surface area contributed by atoms with E-state index < -0.39 is 0 Å². The molecule has 4 heteroatoms. The van der Waals surface area contributed by atoms with E-state index in [9.17, 15) is 0 Å². The third-order valence-corrected chi connectivity index (χ3v) is 4.50. The first-order valence-electron chi connectivity index (χ1n) is 6.82. The van der Waals surface area contributed by atoms with Gasteiger partial charge in [0.1, 0.15) is 0 Å². The van der Waals surface area contributed by atoms with Crippen LogP contribution in [0.3, 0.4) is 0 Å². The van der Waals surface area contributed by atoms with E-state index >= 15 is 0 Å². The minimum Gasteiger partial charge on any atom is -0.271 e. The van der Waals surface area contributed by atoms with Crippen molar-refractivity contribution >= 4 is 31.9 Å². The average molecular weight is 388 g/mol. The normalized spacial score (nSPS) is 21.1. The zero-order valence-corrected chi connectivity index (χ0v) is 14.1. The average Bonchev–Trinajstić information content (AvgIpc) is 2.31. The summed E-state index contributed by atoms with van der Waals surface area (Å²) in [5.74, 6) is 5.80. The van der Waals surface area contributed by atoms with E-state index in [0.717, 1.165) is 15.4 Å². The van der Waals surface area contributed by atoms with Gasteiger partial charge in [-0.2, -0.15) is 0 Å². The largest absolute Gasteiger partial charge is 0.271 e. The summed E-state index contributed by atoms with van der Waals surface area (Å²) in [4.78, 5) is 0. The van der Waals surface area contributed by atoms with Crippen LogP contribution in [0.2, 0.25) is 0 Å². The monoisotopic (exact) mass is 386 g/mol. The Morgan fingerprint density at radius 2 is 1.68 bits per heavy atom. The van der Waals surface area contributed by atoms with E-state index in [1.54, 1.807) is 0 Å². The fourth-order valence-corrected chi connectivity index (χ4v) is 3.97. The van der Waals surface area contributed by atoms with Crippen molar-refractivity contribution in [3.05, 3.63) is 44.4 Å². The number of allylic oxidation sites excluding steroid dienone is 1. The lowest BCUT2D eigenvalue weighted by Crippen LogP contribution is -2.29. The molecule has 0 saturated heterocycles. The molecular weight excluding hydrogens is 368 g/mol. The van der Waals surface area contributed by atoms with Gasteiger partial charge in [0.2, 0.25) is 0 Å². The van der Waals surface area contributed by atoms with Crippen LogP contribution in [0, 0.1) is 0 Å². The van der Waals surface area contributed by atoms with Crippen molar-refractivity contribution < 1.29 is 0 Å². The summed E-state index contributed by atoms with van der Waals surface area (Å²) in [7, 11) is 0. The van der Waals surface area contributed by atoms with Crippen molar-refractivity contribution in [2.45, 2.75) is 44.6 Å². The Hall–Kier alpha value is -0.160. The maximum absolute atomic E-state index is 5.80. The van der Waals surface area contributed by atoms with Gasteiger partial charge in [-0.15, -0.1) is 0 Å². The molecule has 0 amide bonds. The molecule has 1 aliphatic carbocycles. The van der Waals surface area contributed by atoms with Gasteiger partial charge in [-0.25, -0.2) is 5.43 Å². The Labute approximate surface area is 132 Å². The molecule has 104 valence electrons. The zero-order valence-electron chi connectivity index (χ0n) is 11.0. The molecule has 0 saturated carbocycles. The van der Waals surface area contributed by atoms with Gasteiger partial charge in [0, 0.05) is 8.95 Å². The summed E-state index contributed by atoms with van der Waals surface area (Å²) in [5.41, 5.74) is 5.61. The second-order valence-electron chi connectivity index (χ2n) is 5.03. The summed E-state index contributed by atoms with van der Waals surface area (Å²) in [6, 6.07) is 6.43. The van der Waals surface area contributed by atoms with E-state index in [1.165, 1.54) is 43.2 Å². The van der Waals surface area contributed by atoms with Crippen molar-refractivity contribution in [1.82, 2.24) is 5.43 Å². The molecule has 0 radical (unpaired) electrons. The fraction of sp³-hybridized carbons (Fsp3) is 0.467. The Morgan fingerprint density at radius 3 is 2.37 bits per heavy atom. The minimum atomic E-state index is 0.117. The first kappa shape index (κ1) is 15.2. The molecule has 1 unspecified atom stereocenters. The number of nitrogens with one attached hydrogen (secondary N) is 1. The van der Waals surface area contributed by atoms with Crippen molar-refractivity contribution in [3.8, 4) is 0 Å². The van der Waals surface area contributed by atoms with Crippen LogP contribution in [-0.2, 0) is 0 Å². The van der Waals surface area contributed by atoms with Crippen LogP contribution in [-0.4, -0.2) is 0 Å². The van der Waals surface area contributed by atoms with Gasteiger partial charge in [-0.1, -0.05) is 56.4 Å². The molecule has 0 bridgehead atoms. The molecule has 0 heterocycles. The number of halogens is 2. The van der Waals surface area contributed by atoms with E-state index in [1.807, 2.05) is 6.07 Å². The van der Waals surface area contributed by atoms with Crippen molar-refractivity contribution in [1.29, 1.82) is 0 Å². The van der Waals surface area contributed by atoms with Gasteiger partial charge in [0.05, 0.1) is 6.04 Å². The maximum Gasteiger partial charge on any atom is 0.0670 e. The van der Waals surface area contributed by atoms with Crippen LogP contribution < -0.4 is 11.3 Å². The number of rotatable bonds is 3. The third-order valence-electron chi connectivity index (χ3n) is 3.58. The molecule has 19 heavy (non-hydrogen) atoms. The number of nitrogens with two attached hydrogens (primary N) is 1. The quantitative estimate of drug-likeness (QED) is 0.435. The topological polar surface area (TPSA) is 38.0 Å². The predicted molar refractivity (Wildman–Crippen MR) is 87.7 cm³/mol. The first-order chi connectivity index (χ1) is 9.20. The Balaban J connectivity index is 2.26. The second kappa shape index (κ2) is 7.58. The molecule has 2 nitrogen and oxygen atoms in total. The lowest BCUT2D eigenvalue weighted by Gasteiger charge is -2.22. The summed E-state index contributed by atoms with van der Waals surface area (Å²) in [5, 5.41) is 0. The number of hydrazine groups is 1. The number of benzene rings is 1. The van der Waals surface area contributed by atoms with Gasteiger partial charge >= 0.3 is 0 Å². The molecule has 2 rings (SSSR count). The highest BCUT2D eigenvalue weighted by Gasteiger charge is 2.16. The lowest BCUT2D eigenvalue weighted by atomic mass is 9.91. The predicted octanol–water partition coefficient (Wildman–Crippen LogP) is 5.00. The SMILES string of the molecule is NNC(/C1=C/CCCCCC1)c1cc(Br)cc(Br)c1. The van der Waals surface area contributed by atoms with Gasteiger partial charge in [0.15, 0.2) is 0 Å². The molecule has 3 N–H and O–H groups in total. The third kappa shape index (κ3) is 4.42. The van der Waals surface area contributed by atoms with Gasteiger partial charge in [-0.3, -0.25) is 5.84 Å². The number of hydrogen-bond donors (Lipinski definition) is 2. The molecule has 1 atom stereocenters. The Morgan fingerprint density at radius 1 is 1.00 bits per heavy atom. The molecule has 1 aliphatic rings. The lowest BCUT2D eigenvalue weighted by molar-refractivity contribution is 0.555. The first-order valence-corrected chi connectivity index (χ1v) is 8.40. The number of hydrogen-bond acceptors (Lipinski definition) is 2. The molecule has 0 fully saturated rings. The molecular formula is C15H20Br2N2. The van der Waals surface area contributed by atoms with E-state index in [-0.39, 0.29) is 6.04 Å². The van der Waals surface area contributed by atoms with Crippen LogP contribution in [0.5, 0.6) is 0 Å². The van der Waals surface area contributed by atoms with Crippen LogP contribution >= 0.6 is 31.9 Å². The second-order valence-corrected chi connectivity index (χ2v) is 6.87. The highest BCUT2D eigenvalue weighted by molar-refractivity contribution is 9.11. The van der Waals surface area contributed by atoms with Crippen LogP contribution in [0.15, 0.2) is 38.8 Å². The van der Waals surface area contributed by atoms with Gasteiger partial charge in [0.25, 0.3) is 0 Å². The molecule has 1 aromatic carbocycles. The van der Waals surface area contributed by atoms with Crippen LogP contribution in [0.4, 0.5) is 0 Å². The maximum atomic E-state index is 5.80. The van der Waals surface area contributed by atoms with Crippen LogP contribution in [0.25, 0.3) is 0 Å². The zero-order chi connectivity index (χ0) is 13.7. The molecule has 0 aliphatic heterocycles. The van der Waals surface area contributed by atoms with Crippen molar-refractivity contribution in [2.75, 3.05) is 0 Å². The minimum absolute atomic E-state index is 0.117. The van der Waals surface area contributed by atoms with Crippen molar-refractivity contribution in [3.63, 3.8) is 0 Å². The van der Waals surface area contributed by atoms with Crippen LogP contribution in [0.1, 0.15) is 50.1 Å². The summed E-state index contributed by atoms with van der Waals surface area (Å²) in [6.45, 7) is 0. The highest BCUT2D eigenvalue weighted by Crippen LogP contribution is 2.31. The Bertz CT molecular complexity index is 437. The van der Waals surface area contributed by atoms with E-state index in [0.29, 0.717) is 0 Å². The van der Waals surface area contributed by atoms with E-state index in [2.05, 4.69) is 55.5 Å². The fourth-order valence-electron chi connectivity index (χ4n) is 2.64. The molecule has 1 aromatic rings. The van der Waals surface area contributed by atoms with E-state index in [4.69, 9.17) is 5.84 Å².